The zero-order valence-corrected chi connectivity index (χ0v) is 9.53. The summed E-state index contributed by atoms with van der Waals surface area (Å²) in [5, 5.41) is -0.141. The third-order valence-corrected chi connectivity index (χ3v) is 2.36. The van der Waals surface area contributed by atoms with Crippen LogP contribution >= 0.6 is 15.9 Å². The molecule has 0 atom stereocenters. The zero-order valence-electron chi connectivity index (χ0n) is 7.95. The number of aromatic amines is 1. The summed E-state index contributed by atoms with van der Waals surface area (Å²) in [7, 11) is 0. The van der Waals surface area contributed by atoms with Crippen LogP contribution < -0.4 is 10.3 Å². The fraction of sp³-hybridized carbons (Fsp3) is 0.375. The second-order valence-electron chi connectivity index (χ2n) is 2.87. The number of hydrogen-bond acceptors (Lipinski definition) is 2. The van der Waals surface area contributed by atoms with Gasteiger partial charge in [0.05, 0.1) is 5.56 Å². The molecule has 1 heterocycles. The maximum atomic E-state index is 12.6. The topological polar surface area (TPSA) is 42.1 Å². The standard InChI is InChI=1S/C8H5BrF5NO2/c9-1-3-2-15-7(16)5(4(3)6(10)11)17-8(12,13)14/h2,6H,1H2,(H,15,16). The Bertz CT molecular complexity index is 456. The van der Waals surface area contributed by atoms with E-state index in [-0.39, 0.29) is 10.9 Å². The predicted octanol–water partition coefficient (Wildman–Crippen LogP) is 3.11. The summed E-state index contributed by atoms with van der Waals surface area (Å²) in [6.07, 6.45) is -7.55. The average molecular weight is 322 g/mol. The first-order chi connectivity index (χ1) is 7.76. The fourth-order valence-electron chi connectivity index (χ4n) is 1.13. The van der Waals surface area contributed by atoms with Gasteiger partial charge in [0.2, 0.25) is 5.75 Å². The number of H-pyrrole nitrogens is 1. The number of hydrogen-bond donors (Lipinski definition) is 1. The number of aromatic nitrogens is 1. The fourth-order valence-corrected chi connectivity index (χ4v) is 1.59. The van der Waals surface area contributed by atoms with Crippen molar-refractivity contribution < 1.29 is 26.7 Å². The Morgan fingerprint density at radius 1 is 1.41 bits per heavy atom. The van der Waals surface area contributed by atoms with Crippen LogP contribution in [0.3, 0.4) is 0 Å². The van der Waals surface area contributed by atoms with Crippen LogP contribution in [0.25, 0.3) is 0 Å². The quantitative estimate of drug-likeness (QED) is 0.686. The van der Waals surface area contributed by atoms with Crippen LogP contribution in [-0.4, -0.2) is 11.3 Å². The highest BCUT2D eigenvalue weighted by Crippen LogP contribution is 2.33. The minimum Gasteiger partial charge on any atom is -0.399 e. The first-order valence-corrected chi connectivity index (χ1v) is 5.22. The maximum absolute atomic E-state index is 12.6. The van der Waals surface area contributed by atoms with Crippen LogP contribution in [0, 0.1) is 0 Å². The maximum Gasteiger partial charge on any atom is 0.573 e. The summed E-state index contributed by atoms with van der Waals surface area (Å²) in [6, 6.07) is 0. The molecule has 0 aromatic carbocycles. The third-order valence-electron chi connectivity index (χ3n) is 1.75. The molecule has 1 aromatic rings. The molecule has 0 aliphatic carbocycles. The minimum absolute atomic E-state index is 0.141. The van der Waals surface area contributed by atoms with Gasteiger partial charge in [0.15, 0.2) is 0 Å². The van der Waals surface area contributed by atoms with Crippen molar-refractivity contribution in [3.8, 4) is 5.75 Å². The van der Waals surface area contributed by atoms with Gasteiger partial charge in [-0.25, -0.2) is 8.78 Å². The highest BCUT2D eigenvalue weighted by atomic mass is 79.9. The van der Waals surface area contributed by atoms with E-state index in [0.717, 1.165) is 6.20 Å². The van der Waals surface area contributed by atoms with Crippen LogP contribution in [0.2, 0.25) is 0 Å². The molecule has 0 bridgehead atoms. The monoisotopic (exact) mass is 321 g/mol. The minimum atomic E-state index is -5.21. The lowest BCUT2D eigenvalue weighted by Crippen LogP contribution is -2.25. The smallest absolute Gasteiger partial charge is 0.399 e. The Kier molecular flexibility index (Phi) is 4.12. The number of alkyl halides is 6. The molecule has 1 rings (SSSR count). The van der Waals surface area contributed by atoms with Crippen LogP contribution in [0.5, 0.6) is 5.75 Å². The summed E-state index contributed by atoms with van der Waals surface area (Å²) in [5.74, 6) is -1.43. The SMILES string of the molecule is O=c1[nH]cc(CBr)c(C(F)F)c1OC(F)(F)F. The summed E-state index contributed by atoms with van der Waals surface area (Å²) in [6.45, 7) is 0. The number of ether oxygens (including phenoxy) is 1. The van der Waals surface area contributed by atoms with Gasteiger partial charge in [0, 0.05) is 11.5 Å². The molecule has 3 nitrogen and oxygen atoms in total. The Morgan fingerprint density at radius 3 is 2.41 bits per heavy atom. The molecule has 0 fully saturated rings. The predicted molar refractivity (Wildman–Crippen MR) is 51.3 cm³/mol. The molecule has 1 aromatic heterocycles. The van der Waals surface area contributed by atoms with Gasteiger partial charge < -0.3 is 9.72 Å². The van der Waals surface area contributed by atoms with Gasteiger partial charge in [-0.05, 0) is 5.56 Å². The Balaban J connectivity index is 3.39. The van der Waals surface area contributed by atoms with Gasteiger partial charge in [-0.3, -0.25) is 4.79 Å². The van der Waals surface area contributed by atoms with Crippen molar-refractivity contribution in [3.63, 3.8) is 0 Å². The number of rotatable bonds is 3. The van der Waals surface area contributed by atoms with E-state index in [4.69, 9.17) is 0 Å². The van der Waals surface area contributed by atoms with E-state index >= 15 is 0 Å². The molecule has 0 unspecified atom stereocenters. The van der Waals surface area contributed by atoms with Gasteiger partial charge in [0.1, 0.15) is 0 Å². The van der Waals surface area contributed by atoms with Crippen molar-refractivity contribution in [1.29, 1.82) is 0 Å². The van der Waals surface area contributed by atoms with Gasteiger partial charge in [-0.15, -0.1) is 13.2 Å². The molecule has 0 radical (unpaired) electrons. The van der Waals surface area contributed by atoms with Crippen molar-refractivity contribution in [2.45, 2.75) is 18.1 Å². The van der Waals surface area contributed by atoms with Gasteiger partial charge >= 0.3 is 6.36 Å². The van der Waals surface area contributed by atoms with Crippen molar-refractivity contribution in [1.82, 2.24) is 4.98 Å². The average Bonchev–Trinajstić information content (AvgIpc) is 2.18. The lowest BCUT2D eigenvalue weighted by atomic mass is 10.1. The van der Waals surface area contributed by atoms with Crippen molar-refractivity contribution in [2.75, 3.05) is 0 Å². The van der Waals surface area contributed by atoms with Crippen molar-refractivity contribution in [3.05, 3.63) is 27.7 Å². The van der Waals surface area contributed by atoms with E-state index < -0.39 is 29.7 Å². The van der Waals surface area contributed by atoms with E-state index in [1.807, 2.05) is 4.98 Å². The summed E-state index contributed by atoms with van der Waals surface area (Å²) in [5.41, 5.74) is -2.61. The third kappa shape index (κ3) is 3.42. The number of nitrogens with one attached hydrogen (secondary N) is 1. The van der Waals surface area contributed by atoms with Crippen LogP contribution in [-0.2, 0) is 5.33 Å². The summed E-state index contributed by atoms with van der Waals surface area (Å²) >= 11 is 2.82. The molecule has 1 N–H and O–H groups in total. The number of halogens is 6. The molecule has 0 spiro atoms. The highest BCUT2D eigenvalue weighted by molar-refractivity contribution is 9.08. The highest BCUT2D eigenvalue weighted by Gasteiger charge is 2.35. The molecular formula is C8H5BrF5NO2. The second kappa shape index (κ2) is 5.03. The molecule has 9 heteroatoms. The van der Waals surface area contributed by atoms with Crippen LogP contribution in [0.1, 0.15) is 17.6 Å². The molecule has 0 amide bonds. The zero-order chi connectivity index (χ0) is 13.2. The largest absolute Gasteiger partial charge is 0.573 e. The Hall–Kier alpha value is -1.12. The van der Waals surface area contributed by atoms with E-state index in [0.29, 0.717) is 0 Å². The van der Waals surface area contributed by atoms with E-state index in [2.05, 4.69) is 20.7 Å². The molecule has 0 aliphatic heterocycles. The summed E-state index contributed by atoms with van der Waals surface area (Å²) in [4.78, 5) is 13.0. The van der Waals surface area contributed by atoms with Gasteiger partial charge in [-0.2, -0.15) is 0 Å². The summed E-state index contributed by atoms with van der Waals surface area (Å²) < 4.78 is 64.4. The normalized spacial score (nSPS) is 11.9. The molecule has 0 aliphatic rings. The van der Waals surface area contributed by atoms with Crippen molar-refractivity contribution in [2.24, 2.45) is 0 Å². The van der Waals surface area contributed by atoms with Crippen LogP contribution in [0.4, 0.5) is 22.0 Å². The first-order valence-electron chi connectivity index (χ1n) is 4.10. The molecule has 0 saturated carbocycles. The Morgan fingerprint density at radius 2 is 2.00 bits per heavy atom. The van der Waals surface area contributed by atoms with E-state index in [9.17, 15) is 26.7 Å². The molecule has 0 saturated heterocycles. The first kappa shape index (κ1) is 13.9. The second-order valence-corrected chi connectivity index (χ2v) is 3.43. The lowest BCUT2D eigenvalue weighted by Gasteiger charge is -2.14. The van der Waals surface area contributed by atoms with Crippen LogP contribution in [0.15, 0.2) is 11.0 Å². The lowest BCUT2D eigenvalue weighted by molar-refractivity contribution is -0.275. The van der Waals surface area contributed by atoms with E-state index in [1.54, 1.807) is 0 Å². The molecule has 96 valence electrons. The van der Waals surface area contributed by atoms with E-state index in [1.165, 1.54) is 0 Å². The van der Waals surface area contributed by atoms with Gasteiger partial charge in [-0.1, -0.05) is 15.9 Å². The molecular weight excluding hydrogens is 317 g/mol. The van der Waals surface area contributed by atoms with Crippen molar-refractivity contribution >= 4 is 15.9 Å². The number of pyridine rings is 1. The molecule has 17 heavy (non-hydrogen) atoms. The van der Waals surface area contributed by atoms with Gasteiger partial charge in [0.25, 0.3) is 12.0 Å². The Labute approximate surface area is 99.7 Å².